The quantitative estimate of drug-likeness (QED) is 0.653. The van der Waals surface area contributed by atoms with E-state index < -0.39 is 0 Å². The van der Waals surface area contributed by atoms with Gasteiger partial charge >= 0.3 is 0 Å². The number of hydrogen-bond donors (Lipinski definition) is 2. The highest BCUT2D eigenvalue weighted by atomic mass is 35.5. The van der Waals surface area contributed by atoms with Crippen LogP contribution in [0.3, 0.4) is 0 Å². The number of halogens is 1. The fourth-order valence-corrected chi connectivity index (χ4v) is 1.83. The van der Waals surface area contributed by atoms with Crippen molar-refractivity contribution >= 4 is 40.6 Å². The van der Waals surface area contributed by atoms with Crippen molar-refractivity contribution in [2.75, 3.05) is 12.0 Å². The molecule has 0 atom stereocenters. The second kappa shape index (κ2) is 6.34. The molecule has 0 saturated heterocycles. The Bertz CT molecular complexity index is 684. The maximum Gasteiger partial charge on any atom is 0.132 e. The third kappa shape index (κ3) is 3.24. The van der Waals surface area contributed by atoms with Gasteiger partial charge in [-0.15, -0.1) is 0 Å². The third-order valence-corrected chi connectivity index (χ3v) is 3.43. The number of aromatic amines is 1. The summed E-state index contributed by atoms with van der Waals surface area (Å²) in [6, 6.07) is 5.97. The molecule has 1 aromatic carbocycles. The number of nitrogens with one attached hydrogen (secondary N) is 2. The van der Waals surface area contributed by atoms with Crippen LogP contribution in [0.2, 0.25) is 0 Å². The Morgan fingerprint density at radius 1 is 1.45 bits per heavy atom. The van der Waals surface area contributed by atoms with Crippen LogP contribution in [0.25, 0.3) is 10.9 Å². The van der Waals surface area contributed by atoms with Crippen molar-refractivity contribution in [1.82, 2.24) is 10.2 Å². The highest BCUT2D eigenvalue weighted by Gasteiger charge is 2.01. The predicted octanol–water partition coefficient (Wildman–Crippen LogP) is 3.56. The molecule has 104 valence electrons. The molecule has 0 aliphatic heterocycles. The van der Waals surface area contributed by atoms with Gasteiger partial charge in [-0.3, -0.25) is 15.1 Å². The Morgan fingerprint density at radius 2 is 2.25 bits per heavy atom. The van der Waals surface area contributed by atoms with Gasteiger partial charge in [0.15, 0.2) is 0 Å². The number of fused-ring (bicyclic) bond motifs is 1. The molecule has 0 spiro atoms. The molecule has 5 nitrogen and oxygen atoms in total. The van der Waals surface area contributed by atoms with Crippen LogP contribution in [0.5, 0.6) is 0 Å². The largest absolute Gasteiger partial charge is 0.366 e. The Morgan fingerprint density at radius 3 is 3.00 bits per heavy atom. The lowest BCUT2D eigenvalue weighted by atomic mass is 10.2. The van der Waals surface area contributed by atoms with E-state index in [2.05, 4.69) is 32.2 Å². The summed E-state index contributed by atoms with van der Waals surface area (Å²) in [6.45, 7) is 7.62. The van der Waals surface area contributed by atoms with Crippen LogP contribution < -0.4 is 5.32 Å². The molecule has 0 fully saturated rings. The molecule has 0 bridgehead atoms. The van der Waals surface area contributed by atoms with Crippen LogP contribution in [0.1, 0.15) is 13.8 Å². The standard InChI is InChI=1S/C14H16ClN5/c1-9(14(15)16-3)10(2)17-8-18-12-4-5-13-11(6-12)7-19-20-13/h4-7,18H,3,8H2,1-2H3,(H,19,20)/b14-9-,17-10?. The van der Waals surface area contributed by atoms with Gasteiger partial charge in [-0.05, 0) is 38.8 Å². The summed E-state index contributed by atoms with van der Waals surface area (Å²) >= 11 is 5.90. The molecular formula is C14H16ClN5. The van der Waals surface area contributed by atoms with Gasteiger partial charge < -0.3 is 5.32 Å². The first-order chi connectivity index (χ1) is 9.61. The molecule has 0 saturated carbocycles. The lowest BCUT2D eigenvalue weighted by molar-refractivity contribution is 1.12. The van der Waals surface area contributed by atoms with Crippen LogP contribution in [0.4, 0.5) is 5.69 Å². The van der Waals surface area contributed by atoms with E-state index in [1.54, 1.807) is 6.20 Å². The van der Waals surface area contributed by atoms with Gasteiger partial charge in [0.05, 0.1) is 11.7 Å². The first-order valence-corrected chi connectivity index (χ1v) is 6.51. The summed E-state index contributed by atoms with van der Waals surface area (Å²) in [5.74, 6) is 0. The number of nitrogens with zero attached hydrogens (tertiary/aromatic N) is 3. The van der Waals surface area contributed by atoms with Crippen molar-refractivity contribution in [3.05, 3.63) is 35.1 Å². The smallest absolute Gasteiger partial charge is 0.132 e. The first kappa shape index (κ1) is 14.3. The minimum atomic E-state index is 0.381. The van der Waals surface area contributed by atoms with Crippen molar-refractivity contribution in [2.24, 2.45) is 9.98 Å². The van der Waals surface area contributed by atoms with E-state index in [0.717, 1.165) is 27.9 Å². The van der Waals surface area contributed by atoms with E-state index >= 15 is 0 Å². The Balaban J connectivity index is 2.03. The second-order valence-corrected chi connectivity index (χ2v) is 4.68. The molecule has 2 N–H and O–H groups in total. The Kier molecular flexibility index (Phi) is 4.53. The molecule has 0 radical (unpaired) electrons. The Labute approximate surface area is 122 Å². The van der Waals surface area contributed by atoms with Crippen molar-refractivity contribution in [1.29, 1.82) is 0 Å². The average molecular weight is 290 g/mol. The van der Waals surface area contributed by atoms with Crippen LogP contribution >= 0.6 is 11.6 Å². The van der Waals surface area contributed by atoms with Gasteiger partial charge in [0.2, 0.25) is 0 Å². The maximum atomic E-state index is 5.90. The van der Waals surface area contributed by atoms with Crippen LogP contribution in [0, 0.1) is 0 Å². The monoisotopic (exact) mass is 289 g/mol. The molecule has 1 heterocycles. The summed E-state index contributed by atoms with van der Waals surface area (Å²) in [4.78, 5) is 8.10. The van der Waals surface area contributed by atoms with Gasteiger partial charge in [0.1, 0.15) is 11.8 Å². The first-order valence-electron chi connectivity index (χ1n) is 6.13. The second-order valence-electron chi connectivity index (χ2n) is 4.32. The zero-order valence-electron chi connectivity index (χ0n) is 11.4. The molecule has 0 aliphatic rings. The van der Waals surface area contributed by atoms with Crippen molar-refractivity contribution in [3.63, 3.8) is 0 Å². The zero-order valence-corrected chi connectivity index (χ0v) is 12.2. The van der Waals surface area contributed by atoms with Gasteiger partial charge in [0, 0.05) is 22.4 Å². The lowest BCUT2D eigenvalue weighted by Gasteiger charge is -2.05. The number of H-pyrrole nitrogens is 1. The summed E-state index contributed by atoms with van der Waals surface area (Å²) in [5, 5.41) is 11.6. The Hall–Kier alpha value is -2.14. The molecule has 20 heavy (non-hydrogen) atoms. The average Bonchev–Trinajstić information content (AvgIpc) is 2.93. The SMILES string of the molecule is C=N/C(Cl)=C(/C)C(C)=NCNc1ccc2[nH]ncc2c1. The van der Waals surface area contributed by atoms with E-state index in [1.807, 2.05) is 32.0 Å². The molecule has 6 heteroatoms. The van der Waals surface area contributed by atoms with Crippen LogP contribution in [0.15, 0.2) is 45.1 Å². The molecule has 2 rings (SSSR count). The van der Waals surface area contributed by atoms with E-state index in [0.29, 0.717) is 11.8 Å². The van der Waals surface area contributed by atoms with Crippen molar-refractivity contribution in [3.8, 4) is 0 Å². The zero-order chi connectivity index (χ0) is 14.5. The molecule has 0 aliphatic carbocycles. The summed E-state index contributed by atoms with van der Waals surface area (Å²) in [5.41, 5.74) is 3.66. The highest BCUT2D eigenvalue weighted by molar-refractivity contribution is 6.32. The fourth-order valence-electron chi connectivity index (χ4n) is 1.69. The fraction of sp³-hybridized carbons (Fsp3) is 0.214. The van der Waals surface area contributed by atoms with Gasteiger partial charge in [-0.1, -0.05) is 11.6 Å². The van der Waals surface area contributed by atoms with E-state index in [-0.39, 0.29) is 0 Å². The van der Waals surface area contributed by atoms with Crippen LogP contribution in [-0.4, -0.2) is 29.3 Å². The summed E-state index contributed by atoms with van der Waals surface area (Å²) < 4.78 is 0. The number of aromatic nitrogens is 2. The molecule has 2 aromatic rings. The minimum Gasteiger partial charge on any atom is -0.366 e. The number of hydrogen-bond acceptors (Lipinski definition) is 4. The number of allylic oxidation sites excluding steroid dienone is 1. The molecule has 0 unspecified atom stereocenters. The number of aliphatic imine (C=N–C) groups is 2. The van der Waals surface area contributed by atoms with Crippen molar-refractivity contribution in [2.45, 2.75) is 13.8 Å². The topological polar surface area (TPSA) is 65.4 Å². The summed E-state index contributed by atoms with van der Waals surface area (Å²) in [6.07, 6.45) is 1.79. The normalized spacial score (nSPS) is 13.2. The van der Waals surface area contributed by atoms with Crippen LogP contribution in [-0.2, 0) is 0 Å². The molecular weight excluding hydrogens is 274 g/mol. The number of anilines is 1. The van der Waals surface area contributed by atoms with E-state index in [1.165, 1.54) is 0 Å². The summed E-state index contributed by atoms with van der Waals surface area (Å²) in [7, 11) is 0. The third-order valence-electron chi connectivity index (χ3n) is 3.03. The lowest BCUT2D eigenvalue weighted by Crippen LogP contribution is -2.03. The number of benzene rings is 1. The minimum absolute atomic E-state index is 0.381. The highest BCUT2D eigenvalue weighted by Crippen LogP contribution is 2.16. The molecule has 0 amide bonds. The van der Waals surface area contributed by atoms with Crippen molar-refractivity contribution < 1.29 is 0 Å². The van der Waals surface area contributed by atoms with E-state index in [4.69, 9.17) is 11.6 Å². The maximum absolute atomic E-state index is 5.90. The molecule has 1 aromatic heterocycles. The predicted molar refractivity (Wildman–Crippen MR) is 85.8 cm³/mol. The van der Waals surface area contributed by atoms with Gasteiger partial charge in [-0.2, -0.15) is 5.10 Å². The number of rotatable bonds is 5. The van der Waals surface area contributed by atoms with Gasteiger partial charge in [0.25, 0.3) is 0 Å². The van der Waals surface area contributed by atoms with Gasteiger partial charge in [-0.25, -0.2) is 0 Å². The van der Waals surface area contributed by atoms with E-state index in [9.17, 15) is 0 Å².